The van der Waals surface area contributed by atoms with Gasteiger partial charge in [0.15, 0.2) is 15.8 Å². The predicted molar refractivity (Wildman–Crippen MR) is 69.2 cm³/mol. The predicted octanol–water partition coefficient (Wildman–Crippen LogP) is 0.293. The second-order valence-corrected chi connectivity index (χ2v) is 6.16. The molecule has 0 spiro atoms. The summed E-state index contributed by atoms with van der Waals surface area (Å²) in [7, 11) is -2.08. The molecule has 0 aliphatic rings. The van der Waals surface area contributed by atoms with Crippen LogP contribution >= 0.6 is 11.3 Å². The lowest BCUT2D eigenvalue weighted by molar-refractivity contribution is 0.196. The maximum absolute atomic E-state index is 12.1. The van der Waals surface area contributed by atoms with E-state index in [9.17, 15) is 8.42 Å². The van der Waals surface area contributed by atoms with Crippen LogP contribution in [-0.4, -0.2) is 38.1 Å². The summed E-state index contributed by atoms with van der Waals surface area (Å²) in [5.41, 5.74) is 5.65. The van der Waals surface area contributed by atoms with Gasteiger partial charge in [-0.3, -0.25) is 4.40 Å². The standard InChI is InChI=1S/C9H14N4O3S2/c1-16-5-2-3-11-18(14,15)8-7(10)12-9-13(8)4-6-17-9/h4,6,11H,2-3,5,10H2,1H3. The fourth-order valence-corrected chi connectivity index (χ4v) is 3.60. The van der Waals surface area contributed by atoms with Crippen LogP contribution in [0.5, 0.6) is 0 Å². The van der Waals surface area contributed by atoms with E-state index in [1.165, 1.54) is 15.7 Å². The number of nitrogen functional groups attached to an aromatic ring is 1. The number of nitrogens with one attached hydrogen (secondary N) is 1. The van der Waals surface area contributed by atoms with Crippen LogP contribution in [0.2, 0.25) is 0 Å². The number of sulfonamides is 1. The SMILES string of the molecule is COCCCNS(=O)(=O)c1c(N)nc2sccn12. The van der Waals surface area contributed by atoms with Crippen molar-refractivity contribution in [2.24, 2.45) is 0 Å². The highest BCUT2D eigenvalue weighted by Crippen LogP contribution is 2.22. The highest BCUT2D eigenvalue weighted by Gasteiger charge is 2.23. The highest BCUT2D eigenvalue weighted by molar-refractivity contribution is 7.89. The zero-order valence-electron chi connectivity index (χ0n) is 9.79. The first-order valence-electron chi connectivity index (χ1n) is 5.26. The lowest BCUT2D eigenvalue weighted by Crippen LogP contribution is -2.27. The molecule has 2 aromatic heterocycles. The van der Waals surface area contributed by atoms with E-state index < -0.39 is 10.0 Å². The Balaban J connectivity index is 2.23. The second kappa shape index (κ2) is 5.22. The molecule has 0 aliphatic carbocycles. The Morgan fingerprint density at radius 2 is 2.39 bits per heavy atom. The number of nitrogens with two attached hydrogens (primary N) is 1. The first kappa shape index (κ1) is 13.3. The second-order valence-electron chi connectivity index (χ2n) is 3.60. The number of thiazole rings is 1. The summed E-state index contributed by atoms with van der Waals surface area (Å²) < 4.78 is 33.0. The average Bonchev–Trinajstić information content (AvgIpc) is 2.83. The number of imidazole rings is 1. The number of aromatic nitrogens is 2. The topological polar surface area (TPSA) is 98.7 Å². The summed E-state index contributed by atoms with van der Waals surface area (Å²) in [6.45, 7) is 0.797. The van der Waals surface area contributed by atoms with Gasteiger partial charge in [0, 0.05) is 31.8 Å². The molecule has 7 nitrogen and oxygen atoms in total. The van der Waals surface area contributed by atoms with Crippen molar-refractivity contribution in [2.45, 2.75) is 11.4 Å². The molecular formula is C9H14N4O3S2. The van der Waals surface area contributed by atoms with Crippen LogP contribution in [0.3, 0.4) is 0 Å². The molecule has 0 fully saturated rings. The lowest BCUT2D eigenvalue weighted by atomic mass is 10.5. The van der Waals surface area contributed by atoms with Crippen molar-refractivity contribution < 1.29 is 13.2 Å². The van der Waals surface area contributed by atoms with Gasteiger partial charge in [-0.05, 0) is 6.42 Å². The summed E-state index contributed by atoms with van der Waals surface area (Å²) in [4.78, 5) is 4.56. The Morgan fingerprint density at radius 1 is 1.61 bits per heavy atom. The van der Waals surface area contributed by atoms with Crippen LogP contribution < -0.4 is 10.5 Å². The van der Waals surface area contributed by atoms with E-state index in [-0.39, 0.29) is 10.8 Å². The monoisotopic (exact) mass is 290 g/mol. The van der Waals surface area contributed by atoms with Crippen molar-refractivity contribution in [3.05, 3.63) is 11.6 Å². The molecule has 0 bridgehead atoms. The van der Waals surface area contributed by atoms with Crippen molar-refractivity contribution in [3.63, 3.8) is 0 Å². The van der Waals surface area contributed by atoms with E-state index >= 15 is 0 Å². The third-order valence-electron chi connectivity index (χ3n) is 2.32. The normalized spacial score (nSPS) is 12.3. The van der Waals surface area contributed by atoms with Gasteiger partial charge >= 0.3 is 0 Å². The minimum Gasteiger partial charge on any atom is -0.385 e. The summed E-state index contributed by atoms with van der Waals surface area (Å²) in [6, 6.07) is 0. The van der Waals surface area contributed by atoms with Crippen LogP contribution in [0.15, 0.2) is 16.6 Å². The summed E-state index contributed by atoms with van der Waals surface area (Å²) in [5, 5.41) is 1.75. The number of methoxy groups -OCH3 is 1. The first-order chi connectivity index (χ1) is 8.56. The number of nitrogens with zero attached hydrogens (tertiary/aromatic N) is 2. The molecule has 0 saturated carbocycles. The van der Waals surface area contributed by atoms with E-state index in [2.05, 4.69) is 9.71 Å². The third-order valence-corrected chi connectivity index (χ3v) is 4.57. The van der Waals surface area contributed by atoms with Crippen LogP contribution in [0.1, 0.15) is 6.42 Å². The fourth-order valence-electron chi connectivity index (χ4n) is 1.54. The van der Waals surface area contributed by atoms with E-state index in [4.69, 9.17) is 10.5 Å². The number of fused-ring (bicyclic) bond motifs is 1. The van der Waals surface area contributed by atoms with Crippen LogP contribution in [-0.2, 0) is 14.8 Å². The maximum Gasteiger partial charge on any atom is 0.260 e. The minimum absolute atomic E-state index is 0.00355. The zero-order chi connectivity index (χ0) is 13.2. The van der Waals surface area contributed by atoms with Crippen molar-refractivity contribution in [1.82, 2.24) is 14.1 Å². The van der Waals surface area contributed by atoms with Crippen molar-refractivity contribution in [1.29, 1.82) is 0 Å². The molecule has 18 heavy (non-hydrogen) atoms. The number of rotatable bonds is 6. The van der Waals surface area contributed by atoms with Gasteiger partial charge in [0.1, 0.15) is 0 Å². The molecule has 3 N–H and O–H groups in total. The molecule has 0 amide bonds. The molecule has 0 unspecified atom stereocenters. The molecule has 2 rings (SSSR count). The Kier molecular flexibility index (Phi) is 3.85. The Labute approximate surface area is 109 Å². The minimum atomic E-state index is -3.65. The summed E-state index contributed by atoms with van der Waals surface area (Å²) in [5.74, 6) is 0.0149. The van der Waals surface area contributed by atoms with E-state index in [1.54, 1.807) is 18.7 Å². The van der Waals surface area contributed by atoms with Gasteiger partial charge in [0.25, 0.3) is 10.0 Å². The molecule has 0 aliphatic heterocycles. The summed E-state index contributed by atoms with van der Waals surface area (Å²) in [6.07, 6.45) is 2.23. The molecule has 100 valence electrons. The maximum atomic E-state index is 12.1. The number of hydrogen-bond donors (Lipinski definition) is 2. The Morgan fingerprint density at radius 3 is 3.11 bits per heavy atom. The third kappa shape index (κ3) is 2.48. The quantitative estimate of drug-likeness (QED) is 0.745. The molecule has 0 radical (unpaired) electrons. The molecule has 9 heteroatoms. The van der Waals surface area contributed by atoms with E-state index in [0.29, 0.717) is 24.5 Å². The van der Waals surface area contributed by atoms with Gasteiger partial charge < -0.3 is 10.5 Å². The van der Waals surface area contributed by atoms with Gasteiger partial charge in [0.05, 0.1) is 0 Å². The van der Waals surface area contributed by atoms with Gasteiger partial charge in [-0.1, -0.05) is 0 Å². The van der Waals surface area contributed by atoms with Crippen LogP contribution in [0, 0.1) is 0 Å². The number of hydrogen-bond acceptors (Lipinski definition) is 6. The van der Waals surface area contributed by atoms with Crippen LogP contribution in [0.4, 0.5) is 5.82 Å². The van der Waals surface area contributed by atoms with Gasteiger partial charge in [-0.15, -0.1) is 11.3 Å². The van der Waals surface area contributed by atoms with Gasteiger partial charge in [-0.2, -0.15) is 0 Å². The number of anilines is 1. The molecule has 0 saturated heterocycles. The first-order valence-corrected chi connectivity index (χ1v) is 7.62. The Bertz CT molecular complexity index is 631. The molecular weight excluding hydrogens is 276 g/mol. The van der Waals surface area contributed by atoms with Crippen molar-refractivity contribution in [2.75, 3.05) is 26.0 Å². The lowest BCUT2D eigenvalue weighted by Gasteiger charge is -2.05. The van der Waals surface area contributed by atoms with Crippen LogP contribution in [0.25, 0.3) is 4.96 Å². The van der Waals surface area contributed by atoms with Gasteiger partial charge in [-0.25, -0.2) is 18.1 Å². The summed E-state index contributed by atoms with van der Waals surface area (Å²) >= 11 is 1.33. The van der Waals surface area contributed by atoms with Crippen molar-refractivity contribution >= 4 is 32.1 Å². The largest absolute Gasteiger partial charge is 0.385 e. The van der Waals surface area contributed by atoms with E-state index in [0.717, 1.165) is 0 Å². The highest BCUT2D eigenvalue weighted by atomic mass is 32.2. The van der Waals surface area contributed by atoms with Gasteiger partial charge in [0.2, 0.25) is 0 Å². The van der Waals surface area contributed by atoms with Crippen molar-refractivity contribution in [3.8, 4) is 0 Å². The number of ether oxygens (including phenoxy) is 1. The molecule has 2 heterocycles. The molecule has 0 aromatic carbocycles. The Hall–Kier alpha value is -1.16. The molecule has 0 atom stereocenters. The average molecular weight is 290 g/mol. The zero-order valence-corrected chi connectivity index (χ0v) is 11.4. The van der Waals surface area contributed by atoms with E-state index in [1.807, 2.05) is 0 Å². The smallest absolute Gasteiger partial charge is 0.260 e. The molecule has 2 aromatic rings. The fraction of sp³-hybridized carbons (Fsp3) is 0.444.